The number of rotatable bonds is 6. The molecule has 13 rings (SSSR count). The summed E-state index contributed by atoms with van der Waals surface area (Å²) in [6.07, 6.45) is 1.64. The minimum atomic E-state index is 0.648. The molecule has 4 aromatic heterocycles. The highest BCUT2D eigenvalue weighted by atomic mass is 16.3. The molecule has 0 fully saturated rings. The Morgan fingerprint density at radius 3 is 1.79 bits per heavy atom. The SMILES string of the molecule is c1ccc(-c2ccc(-c3cccc(-c4ccc5c(c4)oc4c(-c6cccc7oc8ccc(-c9ccc%10c(c9)c9ccccc9n%10-c9ccccc9)cc8c67)ncnc45)c3)cc2)cc1. The number of nitrogens with zero attached hydrogens (tertiary/aromatic N) is 3. The van der Waals surface area contributed by atoms with Gasteiger partial charge in [0.15, 0.2) is 5.58 Å². The lowest BCUT2D eigenvalue weighted by Gasteiger charge is -2.08. The largest absolute Gasteiger partial charge is 0.456 e. The Bertz CT molecular complexity index is 3900. The van der Waals surface area contributed by atoms with Gasteiger partial charge in [-0.1, -0.05) is 140 Å². The first-order valence-corrected chi connectivity index (χ1v) is 21.2. The molecule has 0 saturated carbocycles. The van der Waals surface area contributed by atoms with Gasteiger partial charge in [0.1, 0.15) is 34.3 Å². The van der Waals surface area contributed by atoms with E-state index in [1.807, 2.05) is 18.2 Å². The van der Waals surface area contributed by atoms with Crippen molar-refractivity contribution >= 4 is 65.8 Å². The first-order valence-electron chi connectivity index (χ1n) is 21.2. The van der Waals surface area contributed by atoms with Gasteiger partial charge in [-0.25, -0.2) is 9.97 Å². The maximum Gasteiger partial charge on any atom is 0.180 e. The normalized spacial score (nSPS) is 11.8. The molecule has 13 aromatic rings. The number of hydrogen-bond acceptors (Lipinski definition) is 4. The molecule has 0 N–H and O–H groups in total. The predicted molar refractivity (Wildman–Crippen MR) is 258 cm³/mol. The third-order valence-electron chi connectivity index (χ3n) is 12.5. The molecule has 5 heteroatoms. The highest BCUT2D eigenvalue weighted by Crippen LogP contribution is 2.43. The van der Waals surface area contributed by atoms with Crippen LogP contribution in [-0.4, -0.2) is 14.5 Å². The number of fused-ring (bicyclic) bond motifs is 9. The molecule has 294 valence electrons. The van der Waals surface area contributed by atoms with Crippen molar-refractivity contribution in [2.24, 2.45) is 0 Å². The van der Waals surface area contributed by atoms with Crippen molar-refractivity contribution in [3.05, 3.63) is 213 Å². The third kappa shape index (κ3) is 5.71. The number of furan rings is 2. The minimum Gasteiger partial charge on any atom is -0.456 e. The zero-order chi connectivity index (χ0) is 41.4. The minimum absolute atomic E-state index is 0.648. The van der Waals surface area contributed by atoms with E-state index < -0.39 is 0 Å². The van der Waals surface area contributed by atoms with Crippen molar-refractivity contribution < 1.29 is 8.83 Å². The van der Waals surface area contributed by atoms with Crippen molar-refractivity contribution in [2.75, 3.05) is 0 Å². The van der Waals surface area contributed by atoms with E-state index in [1.165, 1.54) is 38.5 Å². The van der Waals surface area contributed by atoms with Crippen molar-refractivity contribution in [1.29, 1.82) is 0 Å². The molecular weight excluding hydrogens is 771 g/mol. The number of benzene rings is 9. The quantitative estimate of drug-likeness (QED) is 0.168. The molecule has 0 unspecified atom stereocenters. The van der Waals surface area contributed by atoms with E-state index in [2.05, 4.69) is 193 Å². The fraction of sp³-hybridized carbons (Fsp3) is 0. The number of aromatic nitrogens is 3. The second-order valence-corrected chi connectivity index (χ2v) is 16.1. The van der Waals surface area contributed by atoms with Crippen LogP contribution in [0.1, 0.15) is 0 Å². The molecule has 0 aliphatic heterocycles. The topological polar surface area (TPSA) is 57.0 Å². The molecule has 0 aliphatic carbocycles. The van der Waals surface area contributed by atoms with E-state index >= 15 is 0 Å². The maximum atomic E-state index is 6.75. The zero-order valence-corrected chi connectivity index (χ0v) is 33.9. The fourth-order valence-corrected chi connectivity index (χ4v) is 9.52. The smallest absolute Gasteiger partial charge is 0.180 e. The highest BCUT2D eigenvalue weighted by molar-refractivity contribution is 6.17. The molecule has 5 nitrogen and oxygen atoms in total. The van der Waals surface area contributed by atoms with Gasteiger partial charge in [-0.2, -0.15) is 0 Å². The van der Waals surface area contributed by atoms with Gasteiger partial charge < -0.3 is 13.4 Å². The van der Waals surface area contributed by atoms with E-state index in [-0.39, 0.29) is 0 Å². The summed E-state index contributed by atoms with van der Waals surface area (Å²) in [4.78, 5) is 9.64. The summed E-state index contributed by atoms with van der Waals surface area (Å²) in [7, 11) is 0. The van der Waals surface area contributed by atoms with Crippen LogP contribution < -0.4 is 0 Å². The summed E-state index contributed by atoms with van der Waals surface area (Å²) in [5, 5.41) is 5.39. The summed E-state index contributed by atoms with van der Waals surface area (Å²) in [5.74, 6) is 0. The van der Waals surface area contributed by atoms with Crippen LogP contribution >= 0.6 is 0 Å². The number of hydrogen-bond donors (Lipinski definition) is 0. The number of para-hydroxylation sites is 2. The average molecular weight is 806 g/mol. The summed E-state index contributed by atoms with van der Waals surface area (Å²) in [5.41, 5.74) is 18.1. The fourth-order valence-electron chi connectivity index (χ4n) is 9.52. The van der Waals surface area contributed by atoms with Crippen molar-refractivity contribution in [1.82, 2.24) is 14.5 Å². The van der Waals surface area contributed by atoms with E-state index in [0.717, 1.165) is 83.2 Å². The summed E-state index contributed by atoms with van der Waals surface area (Å²) < 4.78 is 15.6. The molecule has 0 amide bonds. The predicted octanol–water partition coefficient (Wildman–Crippen LogP) is 15.7. The van der Waals surface area contributed by atoms with E-state index in [4.69, 9.17) is 18.8 Å². The monoisotopic (exact) mass is 805 g/mol. The van der Waals surface area contributed by atoms with Gasteiger partial charge >= 0.3 is 0 Å². The van der Waals surface area contributed by atoms with E-state index in [1.54, 1.807) is 6.33 Å². The van der Waals surface area contributed by atoms with E-state index in [9.17, 15) is 0 Å². The highest BCUT2D eigenvalue weighted by Gasteiger charge is 2.21. The van der Waals surface area contributed by atoms with Gasteiger partial charge in [-0.15, -0.1) is 0 Å². The molecular formula is C58H35N3O2. The first-order chi connectivity index (χ1) is 31.2. The molecule has 4 heterocycles. The molecule has 0 radical (unpaired) electrons. The lowest BCUT2D eigenvalue weighted by atomic mass is 9.97. The Morgan fingerprint density at radius 2 is 0.952 bits per heavy atom. The second kappa shape index (κ2) is 14.0. The lowest BCUT2D eigenvalue weighted by Crippen LogP contribution is -1.92. The van der Waals surface area contributed by atoms with Gasteiger partial charge in [0.05, 0.1) is 11.0 Å². The molecule has 0 atom stereocenters. The van der Waals surface area contributed by atoms with Crippen LogP contribution in [0.5, 0.6) is 0 Å². The summed E-state index contributed by atoms with van der Waals surface area (Å²) in [6.45, 7) is 0. The zero-order valence-electron chi connectivity index (χ0n) is 33.9. The molecule has 0 aliphatic rings. The second-order valence-electron chi connectivity index (χ2n) is 16.1. The van der Waals surface area contributed by atoms with Crippen molar-refractivity contribution in [2.45, 2.75) is 0 Å². The van der Waals surface area contributed by atoms with Gasteiger partial charge in [0.2, 0.25) is 0 Å². The van der Waals surface area contributed by atoms with Crippen LogP contribution in [0.2, 0.25) is 0 Å². The standard InChI is InChI=1S/C58H35N3O2/c1-3-11-36(12-4-1)37-21-23-38(24-22-37)39-13-9-14-40(31-39)43-25-28-46-54(34-43)63-58-56(46)59-35-60-57(58)47-18-10-20-53-55(47)49-33-42(27-30-52(49)62-53)41-26-29-51-48(32-41)45-17-7-8-19-50(45)61(51)44-15-5-2-6-16-44/h1-35H. The van der Waals surface area contributed by atoms with Crippen molar-refractivity contribution in [3.63, 3.8) is 0 Å². The van der Waals surface area contributed by atoms with Crippen molar-refractivity contribution in [3.8, 4) is 61.5 Å². The maximum absolute atomic E-state index is 6.75. The third-order valence-corrected chi connectivity index (χ3v) is 12.5. The Morgan fingerprint density at radius 1 is 0.349 bits per heavy atom. The van der Waals surface area contributed by atoms with Gasteiger partial charge in [0, 0.05) is 38.2 Å². The molecule has 9 aromatic carbocycles. The molecule has 0 saturated heterocycles. The van der Waals surface area contributed by atoms with Crippen LogP contribution in [0.4, 0.5) is 0 Å². The van der Waals surface area contributed by atoms with Crippen LogP contribution in [-0.2, 0) is 0 Å². The van der Waals surface area contributed by atoms with Crippen LogP contribution in [0.15, 0.2) is 221 Å². The first kappa shape index (κ1) is 35.2. The Hall–Kier alpha value is -8.54. The van der Waals surface area contributed by atoms with Gasteiger partial charge in [-0.3, -0.25) is 0 Å². The van der Waals surface area contributed by atoms with Gasteiger partial charge in [0.25, 0.3) is 0 Å². The Balaban J connectivity index is 0.893. The summed E-state index contributed by atoms with van der Waals surface area (Å²) >= 11 is 0. The summed E-state index contributed by atoms with van der Waals surface area (Å²) in [6, 6.07) is 72.9. The van der Waals surface area contributed by atoms with Gasteiger partial charge in [-0.05, 0) is 111 Å². The lowest BCUT2D eigenvalue weighted by molar-refractivity contribution is 0.667. The Kier molecular flexibility index (Phi) is 7.84. The average Bonchev–Trinajstić information content (AvgIpc) is 4.03. The van der Waals surface area contributed by atoms with Crippen LogP contribution in [0.25, 0.3) is 127 Å². The van der Waals surface area contributed by atoms with Crippen LogP contribution in [0.3, 0.4) is 0 Å². The van der Waals surface area contributed by atoms with E-state index in [0.29, 0.717) is 5.58 Å². The molecule has 63 heavy (non-hydrogen) atoms. The molecule has 0 bridgehead atoms. The van der Waals surface area contributed by atoms with Crippen LogP contribution in [0, 0.1) is 0 Å². The molecule has 0 spiro atoms. The Labute approximate surface area is 361 Å².